The zero-order valence-corrected chi connectivity index (χ0v) is 10.1. The topological polar surface area (TPSA) is 30.2 Å². The van der Waals surface area contributed by atoms with E-state index in [1.165, 1.54) is 0 Å². The lowest BCUT2D eigenvalue weighted by Gasteiger charge is -2.06. The third-order valence-electron chi connectivity index (χ3n) is 2.59. The quantitative estimate of drug-likeness (QED) is 0.580. The second-order valence-electron chi connectivity index (χ2n) is 3.70. The number of imidazole rings is 1. The molecule has 2 rings (SSSR count). The Kier molecular flexibility index (Phi) is 3.19. The van der Waals surface area contributed by atoms with Crippen molar-refractivity contribution in [2.24, 2.45) is 4.99 Å². The summed E-state index contributed by atoms with van der Waals surface area (Å²) < 4.78 is 1.98. The monoisotopic (exact) mass is 225 g/mol. The van der Waals surface area contributed by atoms with Gasteiger partial charge in [-0.25, -0.2) is 9.98 Å². The smallest absolute Gasteiger partial charge is 0.140 e. The summed E-state index contributed by atoms with van der Waals surface area (Å²) in [5.74, 6) is 0.858. The number of nitrogens with zero attached hydrogens (tertiary/aromatic N) is 3. The SMILES string of the molecule is C=C/C(C)=C(\N=C/C)n1cnc2ccccc21. The van der Waals surface area contributed by atoms with E-state index in [1.807, 2.05) is 42.7 Å². The molecule has 86 valence electrons. The minimum absolute atomic E-state index is 0.858. The van der Waals surface area contributed by atoms with Gasteiger partial charge in [-0.15, -0.1) is 0 Å². The first-order valence-electron chi connectivity index (χ1n) is 5.52. The summed E-state index contributed by atoms with van der Waals surface area (Å²) in [7, 11) is 0. The summed E-state index contributed by atoms with van der Waals surface area (Å²) in [6.45, 7) is 7.68. The Morgan fingerprint density at radius 1 is 1.41 bits per heavy atom. The molecule has 0 saturated heterocycles. The maximum Gasteiger partial charge on any atom is 0.140 e. The van der Waals surface area contributed by atoms with Crippen LogP contribution in [-0.4, -0.2) is 15.8 Å². The van der Waals surface area contributed by atoms with Crippen LogP contribution in [0.3, 0.4) is 0 Å². The van der Waals surface area contributed by atoms with Gasteiger partial charge < -0.3 is 0 Å². The van der Waals surface area contributed by atoms with E-state index in [9.17, 15) is 0 Å². The van der Waals surface area contributed by atoms with Crippen molar-refractivity contribution >= 4 is 23.1 Å². The van der Waals surface area contributed by atoms with Crippen LogP contribution in [-0.2, 0) is 0 Å². The number of aliphatic imine (C=N–C) groups is 1. The van der Waals surface area contributed by atoms with E-state index in [-0.39, 0.29) is 0 Å². The van der Waals surface area contributed by atoms with E-state index >= 15 is 0 Å². The fourth-order valence-electron chi connectivity index (χ4n) is 1.70. The Balaban J connectivity index is 2.69. The molecule has 0 bridgehead atoms. The molecule has 0 amide bonds. The van der Waals surface area contributed by atoms with Gasteiger partial charge in [0.15, 0.2) is 0 Å². The van der Waals surface area contributed by atoms with Gasteiger partial charge in [0.25, 0.3) is 0 Å². The summed E-state index contributed by atoms with van der Waals surface area (Å²) in [4.78, 5) is 8.75. The zero-order valence-electron chi connectivity index (χ0n) is 10.1. The molecule has 1 aromatic carbocycles. The van der Waals surface area contributed by atoms with E-state index in [4.69, 9.17) is 0 Å². The van der Waals surface area contributed by atoms with Crippen LogP contribution in [0.5, 0.6) is 0 Å². The molecule has 0 radical (unpaired) electrons. The van der Waals surface area contributed by atoms with Gasteiger partial charge >= 0.3 is 0 Å². The lowest BCUT2D eigenvalue weighted by Crippen LogP contribution is -1.95. The maximum atomic E-state index is 4.39. The van der Waals surface area contributed by atoms with Gasteiger partial charge in [-0.1, -0.05) is 24.8 Å². The third-order valence-corrected chi connectivity index (χ3v) is 2.59. The first kappa shape index (κ1) is 11.3. The number of para-hydroxylation sites is 2. The van der Waals surface area contributed by atoms with E-state index in [0.29, 0.717) is 0 Å². The largest absolute Gasteiger partial charge is 0.283 e. The molecule has 17 heavy (non-hydrogen) atoms. The van der Waals surface area contributed by atoms with Gasteiger partial charge in [0.2, 0.25) is 0 Å². The van der Waals surface area contributed by atoms with Gasteiger partial charge in [-0.05, 0) is 31.6 Å². The summed E-state index contributed by atoms with van der Waals surface area (Å²) in [6.07, 6.45) is 5.37. The van der Waals surface area contributed by atoms with Gasteiger partial charge in [0, 0.05) is 6.21 Å². The van der Waals surface area contributed by atoms with Crippen molar-refractivity contribution in [2.45, 2.75) is 13.8 Å². The number of fused-ring (bicyclic) bond motifs is 1. The number of rotatable bonds is 3. The van der Waals surface area contributed by atoms with Gasteiger partial charge in [0.05, 0.1) is 11.0 Å². The van der Waals surface area contributed by atoms with Crippen LogP contribution in [0.25, 0.3) is 16.9 Å². The minimum atomic E-state index is 0.858. The lowest BCUT2D eigenvalue weighted by molar-refractivity contribution is 1.08. The highest BCUT2D eigenvalue weighted by atomic mass is 15.1. The Morgan fingerprint density at radius 2 is 2.18 bits per heavy atom. The van der Waals surface area contributed by atoms with Crippen LogP contribution in [0.15, 0.2) is 53.8 Å². The van der Waals surface area contributed by atoms with Crippen LogP contribution < -0.4 is 0 Å². The molecule has 2 aromatic rings. The fraction of sp³-hybridized carbons (Fsp3) is 0.143. The highest BCUT2D eigenvalue weighted by Crippen LogP contribution is 2.20. The number of hydrogen-bond acceptors (Lipinski definition) is 2. The zero-order chi connectivity index (χ0) is 12.3. The molecule has 3 nitrogen and oxygen atoms in total. The van der Waals surface area contributed by atoms with Crippen molar-refractivity contribution in [3.05, 3.63) is 48.8 Å². The number of benzene rings is 1. The average Bonchev–Trinajstić information content (AvgIpc) is 2.79. The average molecular weight is 225 g/mol. The van der Waals surface area contributed by atoms with Crippen molar-refractivity contribution in [1.29, 1.82) is 0 Å². The highest BCUT2D eigenvalue weighted by molar-refractivity contribution is 5.80. The van der Waals surface area contributed by atoms with Crippen molar-refractivity contribution in [2.75, 3.05) is 0 Å². The molecule has 1 aromatic heterocycles. The molecule has 1 heterocycles. The first-order chi connectivity index (χ1) is 8.27. The number of hydrogen-bond donors (Lipinski definition) is 0. The number of allylic oxidation sites excluding steroid dienone is 2. The van der Waals surface area contributed by atoms with E-state index in [2.05, 4.69) is 16.6 Å². The van der Waals surface area contributed by atoms with Crippen molar-refractivity contribution in [1.82, 2.24) is 9.55 Å². The molecule has 0 atom stereocenters. The maximum absolute atomic E-state index is 4.39. The van der Waals surface area contributed by atoms with Crippen LogP contribution in [0, 0.1) is 0 Å². The first-order valence-corrected chi connectivity index (χ1v) is 5.52. The molecular weight excluding hydrogens is 210 g/mol. The van der Waals surface area contributed by atoms with Crippen LogP contribution >= 0.6 is 0 Å². The third kappa shape index (κ3) is 2.04. The Morgan fingerprint density at radius 3 is 2.88 bits per heavy atom. The second kappa shape index (κ2) is 4.78. The van der Waals surface area contributed by atoms with Crippen LogP contribution in [0.1, 0.15) is 13.8 Å². The molecule has 0 fully saturated rings. The normalized spacial score (nSPS) is 13.1. The molecular formula is C14H15N3. The predicted molar refractivity (Wildman–Crippen MR) is 73.0 cm³/mol. The number of aromatic nitrogens is 2. The second-order valence-corrected chi connectivity index (χ2v) is 3.70. The fourth-order valence-corrected chi connectivity index (χ4v) is 1.70. The van der Waals surface area contributed by atoms with E-state index in [1.54, 1.807) is 18.6 Å². The van der Waals surface area contributed by atoms with Crippen molar-refractivity contribution in [3.8, 4) is 0 Å². The summed E-state index contributed by atoms with van der Waals surface area (Å²) in [5.41, 5.74) is 3.04. The molecule has 0 aliphatic rings. The highest BCUT2D eigenvalue weighted by Gasteiger charge is 2.06. The van der Waals surface area contributed by atoms with E-state index in [0.717, 1.165) is 22.4 Å². The Bertz CT molecular complexity index is 603. The molecule has 0 unspecified atom stereocenters. The summed E-state index contributed by atoms with van der Waals surface area (Å²) in [6, 6.07) is 8.00. The van der Waals surface area contributed by atoms with Gasteiger partial charge in [-0.3, -0.25) is 4.57 Å². The Hall–Kier alpha value is -2.16. The molecule has 0 spiro atoms. The van der Waals surface area contributed by atoms with Gasteiger partial charge in [-0.2, -0.15) is 0 Å². The van der Waals surface area contributed by atoms with Crippen molar-refractivity contribution in [3.63, 3.8) is 0 Å². The van der Waals surface area contributed by atoms with Crippen LogP contribution in [0.2, 0.25) is 0 Å². The van der Waals surface area contributed by atoms with Gasteiger partial charge in [0.1, 0.15) is 12.1 Å². The molecule has 0 aliphatic heterocycles. The summed E-state index contributed by atoms with van der Waals surface area (Å²) in [5, 5.41) is 0. The Labute approximate surface area is 101 Å². The van der Waals surface area contributed by atoms with E-state index < -0.39 is 0 Å². The lowest BCUT2D eigenvalue weighted by atomic mass is 10.3. The predicted octanol–water partition coefficient (Wildman–Crippen LogP) is 3.50. The van der Waals surface area contributed by atoms with Crippen LogP contribution in [0.4, 0.5) is 0 Å². The molecule has 3 heteroatoms. The molecule has 0 N–H and O–H groups in total. The van der Waals surface area contributed by atoms with Crippen molar-refractivity contribution < 1.29 is 0 Å². The molecule has 0 saturated carbocycles. The minimum Gasteiger partial charge on any atom is -0.283 e. The summed E-state index contributed by atoms with van der Waals surface area (Å²) >= 11 is 0. The molecule has 0 aliphatic carbocycles. The standard InChI is InChI=1S/C14H15N3/c1-4-11(3)14(15-5-2)17-10-16-12-8-6-7-9-13(12)17/h4-10H,1H2,2-3H3/b14-11+,15-5-.